The van der Waals surface area contributed by atoms with Gasteiger partial charge in [0.2, 0.25) is 0 Å². The minimum atomic E-state index is -2.01. The van der Waals surface area contributed by atoms with Crippen LogP contribution >= 0.6 is 0 Å². The fourth-order valence-corrected chi connectivity index (χ4v) is 6.55. The van der Waals surface area contributed by atoms with Gasteiger partial charge in [-0.25, -0.2) is 0 Å². The maximum absolute atomic E-state index is 13.3. The number of carbonyl (C=O) groups excluding carboxylic acids is 1. The van der Waals surface area contributed by atoms with E-state index in [-0.39, 0.29) is 30.1 Å². The Hall–Kier alpha value is -0.950. The zero-order valence-electron chi connectivity index (χ0n) is 16.3. The van der Waals surface area contributed by atoms with Crippen molar-refractivity contribution < 1.29 is 30.0 Å². The molecule has 0 spiro atoms. The van der Waals surface area contributed by atoms with Gasteiger partial charge in [-0.3, -0.25) is 4.79 Å². The molecule has 0 amide bonds. The Bertz CT molecular complexity index is 731. The molecule has 3 fully saturated rings. The van der Waals surface area contributed by atoms with Crippen LogP contribution in [0.2, 0.25) is 0 Å². The molecule has 4 rings (SSSR count). The number of ketones is 1. The third-order valence-corrected chi connectivity index (χ3v) is 7.59. The van der Waals surface area contributed by atoms with Gasteiger partial charge in [0.05, 0.1) is 17.1 Å². The van der Waals surface area contributed by atoms with Crippen LogP contribution < -0.4 is 0 Å². The molecule has 6 nitrogen and oxygen atoms in total. The Labute approximate surface area is 153 Å². The summed E-state index contributed by atoms with van der Waals surface area (Å²) in [5.74, 6) is -2.40. The van der Waals surface area contributed by atoms with E-state index >= 15 is 0 Å². The average molecular weight is 366 g/mol. The Balaban J connectivity index is 2.04. The van der Waals surface area contributed by atoms with E-state index in [1.807, 2.05) is 27.7 Å². The first-order chi connectivity index (χ1) is 11.6. The van der Waals surface area contributed by atoms with E-state index in [1.54, 1.807) is 13.8 Å². The fourth-order valence-electron chi connectivity index (χ4n) is 6.55. The highest BCUT2D eigenvalue weighted by Crippen LogP contribution is 2.73. The van der Waals surface area contributed by atoms with Crippen molar-refractivity contribution in [1.29, 1.82) is 0 Å². The van der Waals surface area contributed by atoms with E-state index < -0.39 is 45.8 Å². The molecule has 6 heteroatoms. The maximum Gasteiger partial charge on any atom is 0.171 e. The largest absolute Gasteiger partial charge is 0.491 e. The van der Waals surface area contributed by atoms with Crippen LogP contribution in [0.3, 0.4) is 0 Å². The average Bonchev–Trinajstić information content (AvgIpc) is 2.89. The summed E-state index contributed by atoms with van der Waals surface area (Å²) in [6, 6.07) is 0. The lowest BCUT2D eigenvalue weighted by Crippen LogP contribution is -2.65. The Kier molecular flexibility index (Phi) is 3.22. The highest BCUT2D eigenvalue weighted by Gasteiger charge is 2.88. The first kappa shape index (κ1) is 18.4. The Morgan fingerprint density at radius 1 is 1.19 bits per heavy atom. The summed E-state index contributed by atoms with van der Waals surface area (Å²) in [6.07, 6.45) is 0.208. The summed E-state index contributed by atoms with van der Waals surface area (Å²) >= 11 is 0. The van der Waals surface area contributed by atoms with Gasteiger partial charge in [0.15, 0.2) is 5.78 Å². The highest BCUT2D eigenvalue weighted by molar-refractivity contribution is 6.05. The number of ether oxygens (including phenoxy) is 1. The zero-order valence-corrected chi connectivity index (χ0v) is 16.3. The van der Waals surface area contributed by atoms with E-state index in [0.29, 0.717) is 5.76 Å². The van der Waals surface area contributed by atoms with Crippen molar-refractivity contribution in [3.63, 3.8) is 0 Å². The van der Waals surface area contributed by atoms with E-state index in [9.17, 15) is 25.2 Å². The number of allylic oxidation sites excluding steroid dienone is 1. The molecule has 0 saturated heterocycles. The predicted octanol–water partition coefficient (Wildman–Crippen LogP) is 0.908. The molecule has 0 aromatic rings. The van der Waals surface area contributed by atoms with Gasteiger partial charge in [0.1, 0.15) is 28.2 Å². The van der Waals surface area contributed by atoms with Gasteiger partial charge in [0, 0.05) is 17.8 Å². The molecule has 26 heavy (non-hydrogen) atoms. The standard InChI is InChI=1S/C20H30O6/c1-9(2)15-13-14(21)10-7-11(16(3,4)22)18(23)8-12(17(5,6)26-15)19(13,24)20(10,18)25/h9-12,22-25H,7-8H2,1-6H3/t10-,11+,12+,18+,19-,20-/m1/s1. The van der Waals surface area contributed by atoms with Crippen molar-refractivity contribution in [2.75, 3.05) is 0 Å². The van der Waals surface area contributed by atoms with Crippen LogP contribution in [0.25, 0.3) is 0 Å². The highest BCUT2D eigenvalue weighted by atomic mass is 16.5. The topological polar surface area (TPSA) is 107 Å². The second-order valence-electron chi connectivity index (χ2n) is 10.2. The summed E-state index contributed by atoms with van der Waals surface area (Å²) in [6.45, 7) is 10.6. The summed E-state index contributed by atoms with van der Waals surface area (Å²) in [5.41, 5.74) is -7.68. The lowest BCUT2D eigenvalue weighted by Gasteiger charge is -2.49. The SMILES string of the molecule is CC(C)C1=C2C(=O)[C@H]3C[C@@H](C(C)(C)O)[C@@]4(O)C[C@@H](C(C)(C)O1)[C@]2(O)[C@@]34O. The van der Waals surface area contributed by atoms with Gasteiger partial charge >= 0.3 is 0 Å². The van der Waals surface area contributed by atoms with E-state index in [0.717, 1.165) is 0 Å². The van der Waals surface area contributed by atoms with Crippen molar-refractivity contribution >= 4 is 5.78 Å². The lowest BCUT2D eigenvalue weighted by atomic mass is 9.69. The van der Waals surface area contributed by atoms with Gasteiger partial charge in [-0.05, 0) is 40.5 Å². The van der Waals surface area contributed by atoms with Crippen LogP contribution in [0.15, 0.2) is 11.3 Å². The molecule has 0 aromatic heterocycles. The van der Waals surface area contributed by atoms with Crippen LogP contribution in [-0.4, -0.2) is 54.2 Å². The van der Waals surface area contributed by atoms with Crippen LogP contribution in [0.1, 0.15) is 54.4 Å². The van der Waals surface area contributed by atoms with Crippen molar-refractivity contribution in [3.8, 4) is 0 Å². The third kappa shape index (κ3) is 1.62. The fraction of sp³-hybridized carbons (Fsp3) is 0.850. The second kappa shape index (κ2) is 4.54. The van der Waals surface area contributed by atoms with Crippen LogP contribution in [-0.2, 0) is 9.53 Å². The molecule has 4 aliphatic rings. The molecular formula is C20H30O6. The minimum absolute atomic E-state index is 0.0698. The number of Topliss-reactive ketones (excluding diaryl/α,β-unsaturated/α-hetero) is 1. The lowest BCUT2D eigenvalue weighted by molar-refractivity contribution is -0.221. The number of hydrogen-bond acceptors (Lipinski definition) is 6. The molecule has 6 atom stereocenters. The van der Waals surface area contributed by atoms with Crippen LogP contribution in [0.4, 0.5) is 0 Å². The molecule has 3 saturated carbocycles. The number of hydrogen-bond donors (Lipinski definition) is 4. The van der Waals surface area contributed by atoms with Gasteiger partial charge < -0.3 is 25.2 Å². The predicted molar refractivity (Wildman–Crippen MR) is 92.9 cm³/mol. The van der Waals surface area contributed by atoms with Crippen molar-refractivity contribution in [1.82, 2.24) is 0 Å². The molecule has 3 aliphatic carbocycles. The van der Waals surface area contributed by atoms with E-state index in [4.69, 9.17) is 4.74 Å². The second-order valence-corrected chi connectivity index (χ2v) is 10.2. The van der Waals surface area contributed by atoms with Crippen molar-refractivity contribution in [2.24, 2.45) is 23.7 Å². The first-order valence-corrected chi connectivity index (χ1v) is 9.51. The zero-order chi connectivity index (χ0) is 19.7. The third-order valence-electron chi connectivity index (χ3n) is 7.59. The number of aliphatic hydroxyl groups is 4. The molecule has 1 aliphatic heterocycles. The maximum atomic E-state index is 13.3. The van der Waals surface area contributed by atoms with E-state index in [2.05, 4.69) is 0 Å². The molecule has 4 N–H and O–H groups in total. The summed E-state index contributed by atoms with van der Waals surface area (Å²) in [4.78, 5) is 13.3. The Morgan fingerprint density at radius 2 is 1.77 bits per heavy atom. The van der Waals surface area contributed by atoms with Crippen molar-refractivity contribution in [3.05, 3.63) is 11.3 Å². The molecule has 146 valence electrons. The quantitative estimate of drug-likeness (QED) is 0.579. The smallest absolute Gasteiger partial charge is 0.171 e. The van der Waals surface area contributed by atoms with Gasteiger partial charge in [-0.1, -0.05) is 13.8 Å². The minimum Gasteiger partial charge on any atom is -0.491 e. The first-order valence-electron chi connectivity index (χ1n) is 9.51. The summed E-state index contributed by atoms with van der Waals surface area (Å²) in [7, 11) is 0. The van der Waals surface area contributed by atoms with Gasteiger partial charge in [-0.2, -0.15) is 0 Å². The molecule has 0 bridgehead atoms. The van der Waals surface area contributed by atoms with Crippen molar-refractivity contribution in [2.45, 2.75) is 82.4 Å². The number of carbonyl (C=O) groups is 1. The van der Waals surface area contributed by atoms with Crippen LogP contribution in [0, 0.1) is 23.7 Å². The summed E-state index contributed by atoms with van der Waals surface area (Å²) in [5, 5.41) is 45.9. The Morgan fingerprint density at radius 3 is 2.27 bits per heavy atom. The van der Waals surface area contributed by atoms with E-state index in [1.165, 1.54) is 0 Å². The molecule has 0 unspecified atom stereocenters. The molecule has 0 aromatic carbocycles. The normalized spacial score (nSPS) is 49.0. The van der Waals surface area contributed by atoms with Crippen LogP contribution in [0.5, 0.6) is 0 Å². The molecule has 0 radical (unpaired) electrons. The molecule has 1 heterocycles. The summed E-state index contributed by atoms with van der Waals surface area (Å²) < 4.78 is 6.16. The van der Waals surface area contributed by atoms with Gasteiger partial charge in [-0.15, -0.1) is 0 Å². The monoisotopic (exact) mass is 366 g/mol. The molecular weight excluding hydrogens is 336 g/mol. The number of rotatable bonds is 2. The van der Waals surface area contributed by atoms with Gasteiger partial charge in [0.25, 0.3) is 0 Å².